The van der Waals surface area contributed by atoms with Crippen LogP contribution in [0.3, 0.4) is 0 Å². The molecule has 0 aliphatic carbocycles. The van der Waals surface area contributed by atoms with Crippen molar-refractivity contribution >= 4 is 29.4 Å². The summed E-state index contributed by atoms with van der Waals surface area (Å²) in [5.74, 6) is -1.67. The van der Waals surface area contributed by atoms with Crippen molar-refractivity contribution in [2.24, 2.45) is 0 Å². The molecule has 0 unspecified atom stereocenters. The van der Waals surface area contributed by atoms with Crippen molar-refractivity contribution in [3.05, 3.63) is 70.2 Å². The van der Waals surface area contributed by atoms with Gasteiger partial charge >= 0.3 is 5.97 Å². The minimum absolute atomic E-state index is 0.0265. The van der Waals surface area contributed by atoms with Gasteiger partial charge in [-0.25, -0.2) is 4.79 Å². The van der Waals surface area contributed by atoms with E-state index in [2.05, 4.69) is 5.32 Å². The average Bonchev–Trinajstić information content (AvgIpc) is 2.68. The molecule has 1 saturated heterocycles. The second-order valence-electron chi connectivity index (χ2n) is 6.37. The first-order chi connectivity index (χ1) is 13.0. The van der Waals surface area contributed by atoms with Gasteiger partial charge in [-0.1, -0.05) is 35.9 Å². The van der Waals surface area contributed by atoms with Gasteiger partial charge in [-0.2, -0.15) is 0 Å². The predicted molar refractivity (Wildman–Crippen MR) is 101 cm³/mol. The first-order valence-corrected chi connectivity index (χ1v) is 9.02. The van der Waals surface area contributed by atoms with Crippen LogP contribution in [0.4, 0.5) is 0 Å². The Hall–Kier alpha value is -2.86. The number of carboxylic acid groups (broad SMARTS) is 1. The van der Waals surface area contributed by atoms with Crippen molar-refractivity contribution in [1.29, 1.82) is 0 Å². The topological polar surface area (TPSA) is 86.7 Å². The summed E-state index contributed by atoms with van der Waals surface area (Å²) in [5.41, 5.74) is 0.581. The fourth-order valence-corrected chi connectivity index (χ4v) is 3.38. The summed E-state index contributed by atoms with van der Waals surface area (Å²) in [4.78, 5) is 38.0. The maximum atomic E-state index is 12.6. The van der Waals surface area contributed by atoms with E-state index in [0.717, 1.165) is 0 Å². The molecule has 2 N–H and O–H groups in total. The van der Waals surface area contributed by atoms with E-state index in [0.29, 0.717) is 36.5 Å². The Morgan fingerprint density at radius 3 is 2.07 bits per heavy atom. The SMILES string of the molecule is O=C(O)c1ccccc1C(=O)NC1CCN(C(=O)c2ccccc2Cl)CC1. The lowest BCUT2D eigenvalue weighted by atomic mass is 10.0. The summed E-state index contributed by atoms with van der Waals surface area (Å²) in [6, 6.07) is 12.9. The van der Waals surface area contributed by atoms with Gasteiger partial charge in [0.15, 0.2) is 0 Å². The lowest BCUT2D eigenvalue weighted by Crippen LogP contribution is -2.46. The molecule has 1 fully saturated rings. The Kier molecular flexibility index (Phi) is 5.76. The van der Waals surface area contributed by atoms with Gasteiger partial charge in [0.2, 0.25) is 0 Å². The first-order valence-electron chi connectivity index (χ1n) is 8.64. The van der Waals surface area contributed by atoms with Crippen LogP contribution in [0.1, 0.15) is 43.9 Å². The van der Waals surface area contributed by atoms with E-state index < -0.39 is 11.9 Å². The van der Waals surface area contributed by atoms with Crippen LogP contribution < -0.4 is 5.32 Å². The highest BCUT2D eigenvalue weighted by Gasteiger charge is 2.26. The van der Waals surface area contributed by atoms with Crippen molar-refractivity contribution in [2.45, 2.75) is 18.9 Å². The number of benzene rings is 2. The molecule has 1 aliphatic rings. The van der Waals surface area contributed by atoms with Gasteiger partial charge in [-0.05, 0) is 37.1 Å². The number of hydrogen-bond donors (Lipinski definition) is 2. The van der Waals surface area contributed by atoms with Crippen LogP contribution in [0.25, 0.3) is 0 Å². The van der Waals surface area contributed by atoms with E-state index in [1.807, 2.05) is 0 Å². The molecule has 140 valence electrons. The number of carboxylic acids is 1. The summed E-state index contributed by atoms with van der Waals surface area (Å²) in [5, 5.41) is 12.5. The summed E-state index contributed by atoms with van der Waals surface area (Å²) < 4.78 is 0. The van der Waals surface area contributed by atoms with Crippen molar-refractivity contribution in [1.82, 2.24) is 10.2 Å². The quantitative estimate of drug-likeness (QED) is 0.845. The highest BCUT2D eigenvalue weighted by Crippen LogP contribution is 2.20. The van der Waals surface area contributed by atoms with Gasteiger partial charge in [-0.15, -0.1) is 0 Å². The average molecular weight is 387 g/mol. The Morgan fingerprint density at radius 2 is 1.48 bits per heavy atom. The van der Waals surface area contributed by atoms with Gasteiger partial charge in [0.05, 0.1) is 21.7 Å². The smallest absolute Gasteiger partial charge is 0.336 e. The van der Waals surface area contributed by atoms with Crippen LogP contribution in [-0.4, -0.2) is 46.9 Å². The molecule has 27 heavy (non-hydrogen) atoms. The first kappa shape index (κ1) is 18.9. The van der Waals surface area contributed by atoms with E-state index in [1.54, 1.807) is 41.3 Å². The molecule has 2 aromatic carbocycles. The predicted octanol–water partition coefficient (Wildman–Crippen LogP) is 3.07. The van der Waals surface area contributed by atoms with E-state index in [1.165, 1.54) is 12.1 Å². The normalized spacial score (nSPS) is 14.6. The molecule has 3 rings (SSSR count). The molecule has 0 aromatic heterocycles. The van der Waals surface area contributed by atoms with Crippen molar-refractivity contribution in [2.75, 3.05) is 13.1 Å². The van der Waals surface area contributed by atoms with Crippen LogP contribution in [0.5, 0.6) is 0 Å². The molecule has 6 nitrogen and oxygen atoms in total. The zero-order valence-electron chi connectivity index (χ0n) is 14.5. The highest BCUT2D eigenvalue weighted by molar-refractivity contribution is 6.33. The lowest BCUT2D eigenvalue weighted by molar-refractivity contribution is 0.0675. The molecular weight excluding hydrogens is 368 g/mol. The summed E-state index contributed by atoms with van der Waals surface area (Å²) in [7, 11) is 0. The number of aromatic carboxylic acids is 1. The van der Waals surface area contributed by atoms with Crippen LogP contribution in [0, 0.1) is 0 Å². The Bertz CT molecular complexity index is 876. The molecule has 1 aliphatic heterocycles. The summed E-state index contributed by atoms with van der Waals surface area (Å²) in [6.45, 7) is 0.991. The summed E-state index contributed by atoms with van der Waals surface area (Å²) in [6.07, 6.45) is 1.19. The van der Waals surface area contributed by atoms with Gasteiger partial charge in [-0.3, -0.25) is 9.59 Å². The van der Waals surface area contributed by atoms with Crippen LogP contribution in [0.15, 0.2) is 48.5 Å². The molecule has 1 heterocycles. The van der Waals surface area contributed by atoms with Crippen molar-refractivity contribution in [3.8, 4) is 0 Å². The lowest BCUT2D eigenvalue weighted by Gasteiger charge is -2.32. The second kappa shape index (κ2) is 8.22. The largest absolute Gasteiger partial charge is 0.478 e. The van der Waals surface area contributed by atoms with Crippen molar-refractivity contribution in [3.63, 3.8) is 0 Å². The van der Waals surface area contributed by atoms with Gasteiger partial charge in [0.25, 0.3) is 11.8 Å². The number of amides is 2. The van der Waals surface area contributed by atoms with Crippen molar-refractivity contribution < 1.29 is 19.5 Å². The molecule has 0 saturated carbocycles. The third kappa shape index (κ3) is 4.28. The number of likely N-dealkylation sites (tertiary alicyclic amines) is 1. The monoisotopic (exact) mass is 386 g/mol. The molecule has 2 aromatic rings. The van der Waals surface area contributed by atoms with E-state index >= 15 is 0 Å². The molecule has 0 spiro atoms. The van der Waals surface area contributed by atoms with E-state index in [-0.39, 0.29) is 23.1 Å². The molecule has 2 amide bonds. The van der Waals surface area contributed by atoms with Crippen LogP contribution in [0.2, 0.25) is 5.02 Å². The van der Waals surface area contributed by atoms with E-state index in [4.69, 9.17) is 11.6 Å². The molecule has 0 atom stereocenters. The number of carbonyl (C=O) groups is 3. The third-order valence-corrected chi connectivity index (χ3v) is 4.95. The van der Waals surface area contributed by atoms with Crippen LogP contribution in [-0.2, 0) is 0 Å². The standard InChI is InChI=1S/C20H19ClN2O4/c21-17-8-4-3-7-16(17)19(25)23-11-9-13(10-12-23)22-18(24)14-5-1-2-6-15(14)20(26)27/h1-8,13H,9-12H2,(H,22,24)(H,26,27). The van der Waals surface area contributed by atoms with Gasteiger partial charge in [0, 0.05) is 19.1 Å². The molecule has 0 bridgehead atoms. The minimum Gasteiger partial charge on any atom is -0.478 e. The fraction of sp³-hybridized carbons (Fsp3) is 0.250. The molecular formula is C20H19ClN2O4. The maximum absolute atomic E-state index is 12.6. The number of halogens is 1. The van der Waals surface area contributed by atoms with Gasteiger partial charge in [0.1, 0.15) is 0 Å². The second-order valence-corrected chi connectivity index (χ2v) is 6.78. The maximum Gasteiger partial charge on any atom is 0.336 e. The molecule has 0 radical (unpaired) electrons. The Balaban J connectivity index is 1.60. The number of hydrogen-bond acceptors (Lipinski definition) is 3. The number of carbonyl (C=O) groups excluding carboxylic acids is 2. The number of rotatable bonds is 4. The third-order valence-electron chi connectivity index (χ3n) is 4.62. The number of nitrogens with one attached hydrogen (secondary N) is 1. The number of piperidine rings is 1. The fourth-order valence-electron chi connectivity index (χ4n) is 3.16. The molecule has 7 heteroatoms. The van der Waals surface area contributed by atoms with E-state index in [9.17, 15) is 19.5 Å². The Labute approximate surface area is 161 Å². The highest BCUT2D eigenvalue weighted by atomic mass is 35.5. The zero-order valence-corrected chi connectivity index (χ0v) is 15.3. The Morgan fingerprint density at radius 1 is 0.926 bits per heavy atom. The van der Waals surface area contributed by atoms with Gasteiger partial charge < -0.3 is 15.3 Å². The number of nitrogens with zero attached hydrogens (tertiary/aromatic N) is 1. The van der Waals surface area contributed by atoms with Crippen LogP contribution >= 0.6 is 11.6 Å². The minimum atomic E-state index is -1.14. The zero-order chi connectivity index (χ0) is 19.4. The summed E-state index contributed by atoms with van der Waals surface area (Å²) >= 11 is 6.09.